The average molecular weight is 333 g/mol. The van der Waals surface area contributed by atoms with Gasteiger partial charge in [0.2, 0.25) is 11.8 Å². The van der Waals surface area contributed by atoms with E-state index in [4.69, 9.17) is 4.42 Å². The van der Waals surface area contributed by atoms with Crippen molar-refractivity contribution in [2.24, 2.45) is 5.92 Å². The maximum Gasteiger partial charge on any atom is 0.289 e. The van der Waals surface area contributed by atoms with Gasteiger partial charge >= 0.3 is 0 Å². The summed E-state index contributed by atoms with van der Waals surface area (Å²) < 4.78 is 5.17. The molecular formula is C17H23N3O4. The van der Waals surface area contributed by atoms with Crippen molar-refractivity contribution in [3.63, 3.8) is 0 Å². The highest BCUT2D eigenvalue weighted by atomic mass is 16.3. The molecule has 2 aliphatic rings. The van der Waals surface area contributed by atoms with Crippen LogP contribution in [0.2, 0.25) is 0 Å². The zero-order valence-electron chi connectivity index (χ0n) is 13.9. The summed E-state index contributed by atoms with van der Waals surface area (Å²) in [6, 6.07) is 3.34. The molecule has 2 saturated heterocycles. The van der Waals surface area contributed by atoms with Crippen LogP contribution in [-0.4, -0.2) is 71.7 Å². The predicted octanol–water partition coefficient (Wildman–Crippen LogP) is 0.822. The van der Waals surface area contributed by atoms with Gasteiger partial charge in [-0.2, -0.15) is 0 Å². The number of hydrogen-bond acceptors (Lipinski definition) is 4. The van der Waals surface area contributed by atoms with Crippen molar-refractivity contribution in [2.45, 2.75) is 19.8 Å². The van der Waals surface area contributed by atoms with Gasteiger partial charge in [0.1, 0.15) is 0 Å². The SMILES string of the molecule is CC(=O)N1CCN(C(=O)C2CCCN(C(=O)c3ccco3)C2)CC1. The van der Waals surface area contributed by atoms with Crippen LogP contribution >= 0.6 is 0 Å². The van der Waals surface area contributed by atoms with Gasteiger partial charge < -0.3 is 19.1 Å². The van der Waals surface area contributed by atoms with Gasteiger partial charge in [-0.1, -0.05) is 0 Å². The minimum atomic E-state index is -0.165. The van der Waals surface area contributed by atoms with Crippen LogP contribution in [0.5, 0.6) is 0 Å². The molecule has 0 bridgehead atoms. The molecule has 1 unspecified atom stereocenters. The summed E-state index contributed by atoms with van der Waals surface area (Å²) in [6.07, 6.45) is 3.10. The standard InChI is InChI=1S/C17H23N3O4/c1-13(21)18-7-9-19(10-8-18)16(22)14-4-2-6-20(12-14)17(23)15-5-3-11-24-15/h3,5,11,14H,2,4,6-10,12H2,1H3. The molecular weight excluding hydrogens is 310 g/mol. The fourth-order valence-corrected chi connectivity index (χ4v) is 3.42. The van der Waals surface area contributed by atoms with Gasteiger partial charge in [-0.05, 0) is 25.0 Å². The molecule has 0 aromatic carbocycles. The molecule has 1 aromatic rings. The number of likely N-dealkylation sites (tertiary alicyclic amines) is 1. The van der Waals surface area contributed by atoms with Crippen molar-refractivity contribution in [3.8, 4) is 0 Å². The lowest BCUT2D eigenvalue weighted by Gasteiger charge is -2.38. The number of carbonyl (C=O) groups is 3. The van der Waals surface area contributed by atoms with Crippen LogP contribution < -0.4 is 0 Å². The Kier molecular flexibility index (Phi) is 4.87. The van der Waals surface area contributed by atoms with Crippen LogP contribution in [-0.2, 0) is 9.59 Å². The highest BCUT2D eigenvalue weighted by molar-refractivity contribution is 5.92. The van der Waals surface area contributed by atoms with Gasteiger partial charge in [-0.3, -0.25) is 14.4 Å². The first-order chi connectivity index (χ1) is 11.6. The minimum Gasteiger partial charge on any atom is -0.459 e. The number of amides is 3. The van der Waals surface area contributed by atoms with E-state index in [9.17, 15) is 14.4 Å². The average Bonchev–Trinajstić information content (AvgIpc) is 3.15. The van der Waals surface area contributed by atoms with Crippen LogP contribution in [0.25, 0.3) is 0 Å². The number of hydrogen-bond donors (Lipinski definition) is 0. The van der Waals surface area contributed by atoms with Crippen molar-refractivity contribution in [3.05, 3.63) is 24.2 Å². The molecule has 0 spiro atoms. The van der Waals surface area contributed by atoms with E-state index in [-0.39, 0.29) is 23.6 Å². The molecule has 7 nitrogen and oxygen atoms in total. The third kappa shape index (κ3) is 3.44. The van der Waals surface area contributed by atoms with E-state index in [2.05, 4.69) is 0 Å². The van der Waals surface area contributed by atoms with E-state index in [0.717, 1.165) is 12.8 Å². The van der Waals surface area contributed by atoms with Gasteiger partial charge in [0.25, 0.3) is 5.91 Å². The molecule has 7 heteroatoms. The molecule has 0 N–H and O–H groups in total. The maximum atomic E-state index is 12.7. The van der Waals surface area contributed by atoms with Crippen LogP contribution in [0.4, 0.5) is 0 Å². The molecule has 0 radical (unpaired) electrons. The molecule has 1 aromatic heterocycles. The first kappa shape index (κ1) is 16.5. The van der Waals surface area contributed by atoms with E-state index in [0.29, 0.717) is 45.0 Å². The Hall–Kier alpha value is -2.31. The summed E-state index contributed by atoms with van der Waals surface area (Å²) in [5.74, 6) is 0.142. The minimum absolute atomic E-state index is 0.0509. The number of nitrogens with zero attached hydrogens (tertiary/aromatic N) is 3. The molecule has 3 heterocycles. The number of furan rings is 1. The fourth-order valence-electron chi connectivity index (χ4n) is 3.42. The predicted molar refractivity (Wildman–Crippen MR) is 86.2 cm³/mol. The van der Waals surface area contributed by atoms with E-state index in [1.54, 1.807) is 28.9 Å². The second-order valence-electron chi connectivity index (χ2n) is 6.40. The topological polar surface area (TPSA) is 74.1 Å². The summed E-state index contributed by atoms with van der Waals surface area (Å²) in [7, 11) is 0. The second-order valence-corrected chi connectivity index (χ2v) is 6.40. The van der Waals surface area contributed by atoms with Gasteiger partial charge in [0.15, 0.2) is 5.76 Å². The Morgan fingerprint density at radius 3 is 2.38 bits per heavy atom. The molecule has 3 amide bonds. The largest absolute Gasteiger partial charge is 0.459 e. The molecule has 1 atom stereocenters. The fraction of sp³-hybridized carbons (Fsp3) is 0.588. The lowest BCUT2D eigenvalue weighted by Crippen LogP contribution is -2.53. The van der Waals surface area contributed by atoms with Gasteiger partial charge in [-0.25, -0.2) is 0 Å². The molecule has 24 heavy (non-hydrogen) atoms. The van der Waals surface area contributed by atoms with Crippen molar-refractivity contribution in [1.82, 2.24) is 14.7 Å². The number of piperazine rings is 1. The summed E-state index contributed by atoms with van der Waals surface area (Å²) >= 11 is 0. The monoisotopic (exact) mass is 333 g/mol. The quantitative estimate of drug-likeness (QED) is 0.803. The Bertz CT molecular complexity index is 605. The molecule has 2 aliphatic heterocycles. The summed E-state index contributed by atoms with van der Waals surface area (Å²) in [4.78, 5) is 41.8. The Morgan fingerprint density at radius 2 is 1.75 bits per heavy atom. The zero-order valence-corrected chi connectivity index (χ0v) is 13.9. The van der Waals surface area contributed by atoms with Crippen LogP contribution in [0.3, 0.4) is 0 Å². The third-order valence-corrected chi connectivity index (χ3v) is 4.83. The van der Waals surface area contributed by atoms with Crippen LogP contribution in [0, 0.1) is 5.92 Å². The van der Waals surface area contributed by atoms with E-state index < -0.39 is 0 Å². The third-order valence-electron chi connectivity index (χ3n) is 4.83. The maximum absolute atomic E-state index is 12.7. The van der Waals surface area contributed by atoms with Crippen molar-refractivity contribution in [1.29, 1.82) is 0 Å². The summed E-state index contributed by atoms with van der Waals surface area (Å²) in [5.41, 5.74) is 0. The van der Waals surface area contributed by atoms with E-state index >= 15 is 0 Å². The zero-order chi connectivity index (χ0) is 17.1. The highest BCUT2D eigenvalue weighted by Crippen LogP contribution is 2.21. The van der Waals surface area contributed by atoms with E-state index in [1.165, 1.54) is 6.26 Å². The van der Waals surface area contributed by atoms with Crippen molar-refractivity contribution in [2.75, 3.05) is 39.3 Å². The molecule has 0 saturated carbocycles. The van der Waals surface area contributed by atoms with Crippen molar-refractivity contribution >= 4 is 17.7 Å². The first-order valence-electron chi connectivity index (χ1n) is 8.43. The normalized spacial score (nSPS) is 21.7. The Balaban J connectivity index is 1.57. The Labute approximate surface area is 141 Å². The van der Waals surface area contributed by atoms with Gasteiger partial charge in [0.05, 0.1) is 12.2 Å². The molecule has 130 valence electrons. The second kappa shape index (κ2) is 7.07. The lowest BCUT2D eigenvalue weighted by atomic mass is 9.96. The lowest BCUT2D eigenvalue weighted by molar-refractivity contribution is -0.142. The smallest absolute Gasteiger partial charge is 0.289 e. The number of carbonyl (C=O) groups excluding carboxylic acids is 3. The van der Waals surface area contributed by atoms with Crippen LogP contribution in [0.15, 0.2) is 22.8 Å². The Morgan fingerprint density at radius 1 is 1.04 bits per heavy atom. The molecule has 0 aliphatic carbocycles. The summed E-state index contributed by atoms with van der Waals surface area (Å²) in [5, 5.41) is 0. The van der Waals surface area contributed by atoms with Gasteiger partial charge in [0, 0.05) is 46.2 Å². The molecule has 2 fully saturated rings. The number of rotatable bonds is 2. The van der Waals surface area contributed by atoms with Crippen LogP contribution in [0.1, 0.15) is 30.3 Å². The number of piperidine rings is 1. The van der Waals surface area contributed by atoms with E-state index in [1.807, 2.05) is 4.90 Å². The van der Waals surface area contributed by atoms with Crippen molar-refractivity contribution < 1.29 is 18.8 Å². The molecule has 3 rings (SSSR count). The summed E-state index contributed by atoms with van der Waals surface area (Å²) in [6.45, 7) is 4.96. The highest BCUT2D eigenvalue weighted by Gasteiger charge is 2.33. The van der Waals surface area contributed by atoms with Gasteiger partial charge in [-0.15, -0.1) is 0 Å². The first-order valence-corrected chi connectivity index (χ1v) is 8.43.